The molecule has 1 aliphatic heterocycles. The van der Waals surface area contributed by atoms with E-state index in [1.54, 1.807) is 0 Å². The molecule has 1 atom stereocenters. The molecule has 1 rings (SSSR count). The van der Waals surface area contributed by atoms with Crippen LogP contribution in [0.2, 0.25) is 0 Å². The highest BCUT2D eigenvalue weighted by Crippen LogP contribution is 2.28. The average molecular weight is 185 g/mol. The van der Waals surface area contributed by atoms with Crippen molar-refractivity contribution in [2.75, 3.05) is 13.1 Å². The third-order valence-corrected chi connectivity index (χ3v) is 2.26. The highest BCUT2D eigenvalue weighted by molar-refractivity contribution is 5.77. The summed E-state index contributed by atoms with van der Waals surface area (Å²) in [6.45, 7) is 9.31. The standard InChI is InChI=1S/C10H19NO2/c1-9(2,3)13-8(12)10(4)5-6-11-7-10/h11H,5-7H2,1-4H3/t10-/m1/s1. The fourth-order valence-electron chi connectivity index (χ4n) is 1.39. The molecule has 0 bridgehead atoms. The minimum absolute atomic E-state index is 0.0787. The van der Waals surface area contributed by atoms with E-state index in [1.165, 1.54) is 0 Å². The molecule has 3 nitrogen and oxygen atoms in total. The molecule has 1 aliphatic rings. The summed E-state index contributed by atoms with van der Waals surface area (Å²) in [5.74, 6) is -0.0787. The summed E-state index contributed by atoms with van der Waals surface area (Å²) in [4.78, 5) is 11.7. The Morgan fingerprint density at radius 1 is 1.46 bits per heavy atom. The topological polar surface area (TPSA) is 38.3 Å². The van der Waals surface area contributed by atoms with Gasteiger partial charge in [0.2, 0.25) is 0 Å². The van der Waals surface area contributed by atoms with E-state index < -0.39 is 0 Å². The molecular formula is C10H19NO2. The summed E-state index contributed by atoms with van der Waals surface area (Å²) in [7, 11) is 0. The molecule has 0 amide bonds. The second kappa shape index (κ2) is 3.29. The van der Waals surface area contributed by atoms with E-state index >= 15 is 0 Å². The summed E-state index contributed by atoms with van der Waals surface area (Å²) >= 11 is 0. The van der Waals surface area contributed by atoms with Crippen molar-refractivity contribution >= 4 is 5.97 Å². The molecule has 0 radical (unpaired) electrons. The smallest absolute Gasteiger partial charge is 0.313 e. The highest BCUT2D eigenvalue weighted by Gasteiger charge is 2.39. The first-order valence-corrected chi connectivity index (χ1v) is 4.78. The first-order chi connectivity index (χ1) is 5.83. The Bertz CT molecular complexity index is 199. The molecule has 13 heavy (non-hydrogen) atoms. The van der Waals surface area contributed by atoms with Crippen molar-refractivity contribution in [3.05, 3.63) is 0 Å². The van der Waals surface area contributed by atoms with Crippen LogP contribution in [-0.2, 0) is 9.53 Å². The van der Waals surface area contributed by atoms with Gasteiger partial charge < -0.3 is 10.1 Å². The maximum absolute atomic E-state index is 11.7. The zero-order valence-electron chi connectivity index (χ0n) is 8.94. The Balaban J connectivity index is 2.57. The molecule has 0 aromatic carbocycles. The van der Waals surface area contributed by atoms with Crippen LogP contribution in [0.15, 0.2) is 0 Å². The summed E-state index contributed by atoms with van der Waals surface area (Å²) in [5.41, 5.74) is -0.685. The highest BCUT2D eigenvalue weighted by atomic mass is 16.6. The number of carbonyl (C=O) groups is 1. The van der Waals surface area contributed by atoms with Gasteiger partial charge in [0.05, 0.1) is 5.41 Å². The first kappa shape index (κ1) is 10.5. The number of esters is 1. The summed E-state index contributed by atoms with van der Waals surface area (Å²) in [6, 6.07) is 0. The lowest BCUT2D eigenvalue weighted by Gasteiger charge is -2.27. The molecule has 76 valence electrons. The van der Waals surface area contributed by atoms with Crippen molar-refractivity contribution in [1.29, 1.82) is 0 Å². The zero-order valence-corrected chi connectivity index (χ0v) is 8.94. The Hall–Kier alpha value is -0.570. The number of carbonyl (C=O) groups excluding carboxylic acids is 1. The van der Waals surface area contributed by atoms with E-state index in [1.807, 2.05) is 27.7 Å². The van der Waals surface area contributed by atoms with Crippen LogP contribution < -0.4 is 5.32 Å². The van der Waals surface area contributed by atoms with Crippen LogP contribution in [0.3, 0.4) is 0 Å². The molecule has 0 spiro atoms. The van der Waals surface area contributed by atoms with E-state index in [0.29, 0.717) is 0 Å². The second-order valence-electron chi connectivity index (χ2n) is 4.99. The van der Waals surface area contributed by atoms with Crippen LogP contribution in [0.25, 0.3) is 0 Å². The van der Waals surface area contributed by atoms with Gasteiger partial charge in [0.15, 0.2) is 0 Å². The molecule has 1 N–H and O–H groups in total. The number of nitrogens with one attached hydrogen (secondary N) is 1. The summed E-state index contributed by atoms with van der Waals surface area (Å²) in [6.07, 6.45) is 0.877. The molecule has 0 saturated carbocycles. The van der Waals surface area contributed by atoms with Gasteiger partial charge in [-0.2, -0.15) is 0 Å². The second-order valence-corrected chi connectivity index (χ2v) is 4.99. The van der Waals surface area contributed by atoms with Crippen molar-refractivity contribution in [2.24, 2.45) is 5.41 Å². The molecule has 1 saturated heterocycles. The van der Waals surface area contributed by atoms with E-state index in [0.717, 1.165) is 19.5 Å². The summed E-state index contributed by atoms with van der Waals surface area (Å²) < 4.78 is 5.35. The third kappa shape index (κ3) is 2.69. The lowest BCUT2D eigenvalue weighted by Crippen LogP contribution is -2.37. The summed E-state index contributed by atoms with van der Waals surface area (Å²) in [5, 5.41) is 3.18. The van der Waals surface area contributed by atoms with Gasteiger partial charge >= 0.3 is 5.97 Å². The van der Waals surface area contributed by atoms with Gasteiger partial charge in [0, 0.05) is 6.54 Å². The monoisotopic (exact) mass is 185 g/mol. The van der Waals surface area contributed by atoms with Gasteiger partial charge in [0.1, 0.15) is 5.60 Å². The fraction of sp³-hybridized carbons (Fsp3) is 0.900. The maximum Gasteiger partial charge on any atom is 0.313 e. The van der Waals surface area contributed by atoms with Gasteiger partial charge in [-0.1, -0.05) is 0 Å². The van der Waals surface area contributed by atoms with Crippen LogP contribution >= 0.6 is 0 Å². The minimum Gasteiger partial charge on any atom is -0.460 e. The van der Waals surface area contributed by atoms with E-state index in [2.05, 4.69) is 5.32 Å². The normalized spacial score (nSPS) is 28.9. The Morgan fingerprint density at radius 3 is 2.46 bits per heavy atom. The van der Waals surface area contributed by atoms with Crippen molar-refractivity contribution in [2.45, 2.75) is 39.7 Å². The average Bonchev–Trinajstić information content (AvgIpc) is 2.33. The molecule has 1 fully saturated rings. The Labute approximate surface area is 79.8 Å². The Kier molecular flexibility index (Phi) is 2.66. The molecular weight excluding hydrogens is 166 g/mol. The van der Waals surface area contributed by atoms with Gasteiger partial charge in [-0.3, -0.25) is 4.79 Å². The van der Waals surface area contributed by atoms with Crippen molar-refractivity contribution in [3.63, 3.8) is 0 Å². The lowest BCUT2D eigenvalue weighted by molar-refractivity contribution is -0.165. The Morgan fingerprint density at radius 2 is 2.08 bits per heavy atom. The van der Waals surface area contributed by atoms with Crippen LogP contribution in [-0.4, -0.2) is 24.7 Å². The quantitative estimate of drug-likeness (QED) is 0.626. The van der Waals surface area contributed by atoms with Crippen LogP contribution in [0.1, 0.15) is 34.1 Å². The van der Waals surface area contributed by atoms with E-state index in [9.17, 15) is 4.79 Å². The van der Waals surface area contributed by atoms with E-state index in [4.69, 9.17) is 4.74 Å². The van der Waals surface area contributed by atoms with Crippen LogP contribution in [0, 0.1) is 5.41 Å². The molecule has 0 aromatic rings. The molecule has 1 heterocycles. The van der Waals surface area contributed by atoms with Crippen molar-refractivity contribution < 1.29 is 9.53 Å². The number of rotatable bonds is 1. The fourth-order valence-corrected chi connectivity index (χ4v) is 1.39. The van der Waals surface area contributed by atoms with Crippen LogP contribution in [0.4, 0.5) is 0 Å². The lowest BCUT2D eigenvalue weighted by atomic mass is 9.90. The van der Waals surface area contributed by atoms with E-state index in [-0.39, 0.29) is 17.0 Å². The van der Waals surface area contributed by atoms with Crippen molar-refractivity contribution in [3.8, 4) is 0 Å². The van der Waals surface area contributed by atoms with Gasteiger partial charge in [0.25, 0.3) is 0 Å². The zero-order chi connectivity index (χ0) is 10.1. The predicted octanol–water partition coefficient (Wildman–Crippen LogP) is 1.33. The molecule has 3 heteroatoms. The maximum atomic E-state index is 11.7. The predicted molar refractivity (Wildman–Crippen MR) is 51.4 cm³/mol. The number of hydrogen-bond acceptors (Lipinski definition) is 3. The number of ether oxygens (including phenoxy) is 1. The first-order valence-electron chi connectivity index (χ1n) is 4.78. The van der Waals surface area contributed by atoms with Crippen molar-refractivity contribution in [1.82, 2.24) is 5.32 Å². The number of hydrogen-bond donors (Lipinski definition) is 1. The molecule has 0 aromatic heterocycles. The molecule has 0 unspecified atom stereocenters. The van der Waals surface area contributed by atoms with Gasteiger partial charge in [-0.15, -0.1) is 0 Å². The molecule has 0 aliphatic carbocycles. The van der Waals surface area contributed by atoms with Crippen LogP contribution in [0.5, 0.6) is 0 Å². The third-order valence-electron chi connectivity index (χ3n) is 2.26. The SMILES string of the molecule is CC(C)(C)OC(=O)[C@]1(C)CCNC1. The minimum atomic E-state index is -0.372. The van der Waals surface area contributed by atoms with Gasteiger partial charge in [-0.25, -0.2) is 0 Å². The largest absolute Gasteiger partial charge is 0.460 e. The van der Waals surface area contributed by atoms with Gasteiger partial charge in [-0.05, 0) is 40.7 Å².